The average Bonchev–Trinajstić information content (AvgIpc) is 3.22. The van der Waals surface area contributed by atoms with Crippen molar-refractivity contribution in [3.63, 3.8) is 0 Å². The molecule has 0 aromatic carbocycles. The molecule has 0 radical (unpaired) electrons. The summed E-state index contributed by atoms with van der Waals surface area (Å²) in [4.78, 5) is 18.7. The highest BCUT2D eigenvalue weighted by atomic mass is 32.1. The second kappa shape index (κ2) is 6.70. The molecule has 0 bridgehead atoms. The zero-order valence-electron chi connectivity index (χ0n) is 13.8. The third-order valence-electron chi connectivity index (χ3n) is 3.98. The molecule has 5 N–H and O–H groups in total. The Morgan fingerprint density at radius 1 is 1.48 bits per heavy atom. The van der Waals surface area contributed by atoms with E-state index in [1.54, 1.807) is 0 Å². The van der Waals surface area contributed by atoms with Crippen LogP contribution in [0.25, 0.3) is 20.7 Å². The highest BCUT2D eigenvalue weighted by Crippen LogP contribution is 2.43. The molecule has 3 heterocycles. The molecule has 3 rings (SSSR count). The summed E-state index contributed by atoms with van der Waals surface area (Å²) in [5.74, 6) is -0.0856. The predicted octanol–water partition coefficient (Wildman–Crippen LogP) is 3.59. The third kappa shape index (κ3) is 2.92. The van der Waals surface area contributed by atoms with Gasteiger partial charge in [0.25, 0.3) is 5.91 Å². The first-order valence-corrected chi connectivity index (χ1v) is 9.43. The van der Waals surface area contributed by atoms with Gasteiger partial charge in [-0.15, -0.1) is 22.7 Å². The van der Waals surface area contributed by atoms with E-state index < -0.39 is 0 Å². The molecule has 0 saturated carbocycles. The highest BCUT2D eigenvalue weighted by Gasteiger charge is 2.24. The van der Waals surface area contributed by atoms with E-state index in [4.69, 9.17) is 11.5 Å². The van der Waals surface area contributed by atoms with Crippen molar-refractivity contribution in [3.05, 3.63) is 28.0 Å². The van der Waals surface area contributed by atoms with Crippen molar-refractivity contribution in [1.82, 2.24) is 10.3 Å². The van der Waals surface area contributed by atoms with Crippen LogP contribution in [-0.4, -0.2) is 16.9 Å². The first kappa shape index (κ1) is 17.2. The maximum absolute atomic E-state index is 12.5. The van der Waals surface area contributed by atoms with Gasteiger partial charge < -0.3 is 16.8 Å². The van der Waals surface area contributed by atoms with E-state index in [-0.39, 0.29) is 23.3 Å². The fourth-order valence-electron chi connectivity index (χ4n) is 2.51. The van der Waals surface area contributed by atoms with Crippen molar-refractivity contribution in [2.24, 2.45) is 0 Å². The largest absolute Gasteiger partial charge is 0.397 e. The number of nitriles is 1. The second-order valence-corrected chi connectivity index (χ2v) is 7.59. The Bertz CT molecular complexity index is 985. The van der Waals surface area contributed by atoms with Crippen LogP contribution in [-0.2, 0) is 0 Å². The molecule has 0 spiro atoms. The summed E-state index contributed by atoms with van der Waals surface area (Å²) < 4.78 is 0. The number of hydrogen-bond acceptors (Lipinski definition) is 7. The summed E-state index contributed by atoms with van der Waals surface area (Å²) in [7, 11) is 0. The molecule has 25 heavy (non-hydrogen) atoms. The van der Waals surface area contributed by atoms with E-state index in [9.17, 15) is 10.1 Å². The smallest absolute Gasteiger partial charge is 0.263 e. The molecule has 128 valence electrons. The molecular formula is C17H17N5OS2. The van der Waals surface area contributed by atoms with Crippen molar-refractivity contribution < 1.29 is 4.79 Å². The van der Waals surface area contributed by atoms with Gasteiger partial charge in [-0.3, -0.25) is 4.79 Å². The number of fused-ring (bicyclic) bond motifs is 1. The number of anilines is 2. The normalized spacial score (nSPS) is 12.0. The zero-order chi connectivity index (χ0) is 18.1. The maximum Gasteiger partial charge on any atom is 0.263 e. The lowest BCUT2D eigenvalue weighted by Gasteiger charge is -2.10. The number of pyridine rings is 1. The first-order chi connectivity index (χ1) is 12.0. The van der Waals surface area contributed by atoms with Crippen LogP contribution in [0.5, 0.6) is 0 Å². The summed E-state index contributed by atoms with van der Waals surface area (Å²) in [6.07, 6.45) is 0.820. The van der Waals surface area contributed by atoms with Crippen molar-refractivity contribution in [2.45, 2.75) is 26.3 Å². The van der Waals surface area contributed by atoms with Crippen LogP contribution in [0.1, 0.15) is 35.5 Å². The van der Waals surface area contributed by atoms with Crippen LogP contribution in [0.2, 0.25) is 0 Å². The summed E-state index contributed by atoms with van der Waals surface area (Å²) in [6, 6.07) is 5.95. The minimum Gasteiger partial charge on any atom is -0.397 e. The van der Waals surface area contributed by atoms with Gasteiger partial charge in [0.2, 0.25) is 0 Å². The van der Waals surface area contributed by atoms with Gasteiger partial charge in [0.1, 0.15) is 27.2 Å². The van der Waals surface area contributed by atoms with Gasteiger partial charge in [-0.25, -0.2) is 4.98 Å². The fraction of sp³-hybridized carbons (Fsp3) is 0.235. The number of nitrogens with two attached hydrogens (primary N) is 2. The van der Waals surface area contributed by atoms with Crippen LogP contribution in [0.3, 0.4) is 0 Å². The Morgan fingerprint density at radius 2 is 2.24 bits per heavy atom. The Hall–Kier alpha value is -2.63. The lowest BCUT2D eigenvalue weighted by molar-refractivity contribution is 0.0944. The molecule has 0 fully saturated rings. The second-order valence-electron chi connectivity index (χ2n) is 5.64. The number of thiophene rings is 2. The van der Waals surface area contributed by atoms with Crippen LogP contribution in [0.4, 0.5) is 11.5 Å². The Kier molecular flexibility index (Phi) is 4.61. The monoisotopic (exact) mass is 371 g/mol. The minimum atomic E-state index is -0.232. The van der Waals surface area contributed by atoms with Crippen molar-refractivity contribution >= 4 is 50.3 Å². The summed E-state index contributed by atoms with van der Waals surface area (Å²) in [6.45, 7) is 3.93. The lowest BCUT2D eigenvalue weighted by atomic mass is 10.0. The molecule has 0 aliphatic rings. The van der Waals surface area contributed by atoms with Gasteiger partial charge in [0.15, 0.2) is 0 Å². The van der Waals surface area contributed by atoms with Crippen LogP contribution in [0.15, 0.2) is 17.5 Å². The first-order valence-electron chi connectivity index (χ1n) is 7.74. The van der Waals surface area contributed by atoms with E-state index in [2.05, 4.69) is 16.4 Å². The van der Waals surface area contributed by atoms with E-state index in [0.29, 0.717) is 26.3 Å². The van der Waals surface area contributed by atoms with Crippen molar-refractivity contribution in [2.75, 3.05) is 11.5 Å². The molecule has 3 aromatic rings. The quantitative estimate of drug-likeness (QED) is 0.648. The average molecular weight is 371 g/mol. The number of nitrogens with one attached hydrogen (secondary N) is 1. The molecule has 0 aliphatic heterocycles. The van der Waals surface area contributed by atoms with Crippen LogP contribution >= 0.6 is 22.7 Å². The number of nitrogens with zero attached hydrogens (tertiary/aromatic N) is 2. The molecule has 1 atom stereocenters. The van der Waals surface area contributed by atoms with E-state index in [1.165, 1.54) is 22.7 Å². The molecule has 0 aliphatic carbocycles. The third-order valence-corrected chi connectivity index (χ3v) is 5.97. The molecule has 8 heteroatoms. The summed E-state index contributed by atoms with van der Waals surface area (Å²) in [5.41, 5.74) is 13.6. The van der Waals surface area contributed by atoms with E-state index in [1.807, 2.05) is 31.4 Å². The molecular weight excluding hydrogens is 354 g/mol. The van der Waals surface area contributed by atoms with Crippen LogP contribution < -0.4 is 16.8 Å². The number of amides is 1. The summed E-state index contributed by atoms with van der Waals surface area (Å²) in [5, 5.41) is 15.0. The van der Waals surface area contributed by atoms with Crippen molar-refractivity contribution in [1.29, 1.82) is 5.26 Å². The number of rotatable bonds is 4. The molecule has 3 aromatic heterocycles. The minimum absolute atomic E-state index is 0.0431. The number of aromatic nitrogens is 1. The Labute approximate surface area is 153 Å². The Balaban J connectivity index is 2.27. The van der Waals surface area contributed by atoms with Gasteiger partial charge in [-0.05, 0) is 24.8 Å². The van der Waals surface area contributed by atoms with Gasteiger partial charge in [-0.2, -0.15) is 5.26 Å². The van der Waals surface area contributed by atoms with Crippen molar-refractivity contribution in [3.8, 4) is 16.5 Å². The van der Waals surface area contributed by atoms with E-state index >= 15 is 0 Å². The van der Waals surface area contributed by atoms with Gasteiger partial charge in [0.05, 0.1) is 5.69 Å². The summed E-state index contributed by atoms with van der Waals surface area (Å²) >= 11 is 2.68. The SMILES string of the molecule is CCC(C)NC(=O)c1sc2nc(N)c(C#N)c(-c3cccs3)c2c1N. The Morgan fingerprint density at radius 3 is 2.84 bits per heavy atom. The number of nitrogen functional groups attached to an aromatic ring is 2. The van der Waals surface area contributed by atoms with E-state index in [0.717, 1.165) is 11.3 Å². The van der Waals surface area contributed by atoms with Gasteiger partial charge in [0, 0.05) is 21.9 Å². The number of hydrogen-bond donors (Lipinski definition) is 3. The molecule has 0 saturated heterocycles. The lowest BCUT2D eigenvalue weighted by Crippen LogP contribution is -2.31. The number of carbonyl (C=O) groups excluding carboxylic acids is 1. The van der Waals surface area contributed by atoms with Gasteiger partial charge >= 0.3 is 0 Å². The topological polar surface area (TPSA) is 118 Å². The molecule has 1 unspecified atom stereocenters. The fourth-order valence-corrected chi connectivity index (χ4v) is 4.31. The highest BCUT2D eigenvalue weighted by molar-refractivity contribution is 7.21. The molecule has 6 nitrogen and oxygen atoms in total. The standard InChI is InChI=1S/C17H17N5OS2/c1-3-8(2)21-16(23)14-13(19)12-11(10-5-4-6-24-10)9(7-18)15(20)22-17(12)25-14/h4-6,8H,3,19H2,1-2H3,(H2,20,22)(H,21,23). The van der Waals surface area contributed by atoms with Crippen LogP contribution in [0, 0.1) is 11.3 Å². The zero-order valence-corrected chi connectivity index (χ0v) is 15.4. The molecule has 1 amide bonds. The maximum atomic E-state index is 12.5. The number of carbonyl (C=O) groups is 1. The predicted molar refractivity (Wildman–Crippen MR) is 104 cm³/mol. The van der Waals surface area contributed by atoms with Gasteiger partial charge in [-0.1, -0.05) is 13.0 Å².